The lowest BCUT2D eigenvalue weighted by Gasteiger charge is -2.32. The van der Waals surface area contributed by atoms with Crippen LogP contribution in [0.1, 0.15) is 45.7 Å². The smallest absolute Gasteiger partial charge is 0.327 e. The number of hydrogen-bond acceptors (Lipinski definition) is 9. The van der Waals surface area contributed by atoms with E-state index >= 15 is 0 Å². The molecule has 2 aromatic rings. The highest BCUT2D eigenvalue weighted by Crippen LogP contribution is 2.20. The molecule has 0 radical (unpaired) electrons. The van der Waals surface area contributed by atoms with Crippen molar-refractivity contribution in [3.63, 3.8) is 0 Å². The molecule has 0 bridgehead atoms. The Balaban J connectivity index is 2.16. The summed E-state index contributed by atoms with van der Waals surface area (Å²) in [4.78, 5) is 64.6. The monoisotopic (exact) mass is 661 g/mol. The molecule has 8 N–H and O–H groups in total. The van der Waals surface area contributed by atoms with E-state index in [1.54, 1.807) is 56.3 Å². The lowest BCUT2D eigenvalue weighted by molar-refractivity contribution is -0.143. The number of thiol groups is 2. The Kier molecular flexibility index (Phi) is 13.3. The molecule has 45 heavy (non-hydrogen) atoms. The molecular formula is C31H43N5O7S2. The van der Waals surface area contributed by atoms with Crippen LogP contribution in [0.15, 0.2) is 54.6 Å². The number of aliphatic carboxylic acids is 1. The van der Waals surface area contributed by atoms with Crippen molar-refractivity contribution in [1.82, 2.24) is 21.3 Å². The summed E-state index contributed by atoms with van der Waals surface area (Å²) in [6.45, 7) is 7.70. The number of aromatic hydroxyl groups is 1. The average Bonchev–Trinajstić information content (AvgIpc) is 2.94. The highest BCUT2D eigenvalue weighted by atomic mass is 32.1. The summed E-state index contributed by atoms with van der Waals surface area (Å²) in [5, 5.41) is 29.3. The lowest BCUT2D eigenvalue weighted by atomic mass is 9.99. The van der Waals surface area contributed by atoms with Gasteiger partial charge < -0.3 is 37.2 Å². The van der Waals surface area contributed by atoms with Crippen molar-refractivity contribution in [1.29, 1.82) is 0 Å². The summed E-state index contributed by atoms with van der Waals surface area (Å²) in [6, 6.07) is 9.08. The highest BCUT2D eigenvalue weighted by Gasteiger charge is 2.38. The fourth-order valence-corrected chi connectivity index (χ4v) is 4.65. The molecule has 0 saturated carbocycles. The average molecular weight is 662 g/mol. The quantitative estimate of drug-likeness (QED) is 0.126. The zero-order valence-electron chi connectivity index (χ0n) is 25.9. The van der Waals surface area contributed by atoms with Crippen LogP contribution in [-0.2, 0) is 36.8 Å². The molecule has 0 heterocycles. The molecule has 2 aromatic carbocycles. The zero-order valence-corrected chi connectivity index (χ0v) is 27.7. The maximum Gasteiger partial charge on any atom is 0.327 e. The minimum atomic E-state index is -1.36. The second kappa shape index (κ2) is 16.0. The van der Waals surface area contributed by atoms with Crippen LogP contribution in [0.25, 0.3) is 0 Å². The van der Waals surface area contributed by atoms with Gasteiger partial charge in [-0.15, -0.1) is 0 Å². The van der Waals surface area contributed by atoms with Crippen LogP contribution in [0.5, 0.6) is 5.75 Å². The fraction of sp³-hybridized carbons (Fsp3) is 0.452. The Hall–Kier alpha value is -3.75. The highest BCUT2D eigenvalue weighted by molar-refractivity contribution is 7.82. The first-order valence-corrected chi connectivity index (χ1v) is 15.2. The normalized spacial score (nSPS) is 15.0. The molecule has 0 fully saturated rings. The third kappa shape index (κ3) is 11.9. The molecule has 0 unspecified atom stereocenters. The number of carbonyl (C=O) groups is 5. The van der Waals surface area contributed by atoms with Crippen LogP contribution < -0.4 is 27.0 Å². The van der Waals surface area contributed by atoms with E-state index in [-0.39, 0.29) is 18.6 Å². The van der Waals surface area contributed by atoms with Crippen LogP contribution >= 0.6 is 25.3 Å². The van der Waals surface area contributed by atoms with E-state index in [4.69, 9.17) is 5.73 Å². The van der Waals surface area contributed by atoms with Crippen molar-refractivity contribution in [2.24, 2.45) is 5.73 Å². The summed E-state index contributed by atoms with van der Waals surface area (Å²) in [7, 11) is 0. The van der Waals surface area contributed by atoms with Gasteiger partial charge >= 0.3 is 5.97 Å². The van der Waals surface area contributed by atoms with Crippen molar-refractivity contribution >= 4 is 54.9 Å². The molecule has 0 saturated heterocycles. The molecule has 0 aromatic heterocycles. The first-order valence-electron chi connectivity index (χ1n) is 14.3. The molecule has 246 valence electrons. The van der Waals surface area contributed by atoms with Gasteiger partial charge in [0.1, 0.15) is 29.9 Å². The standard InChI is InChI=1S/C31H43N5O7S2/c1-17(33-28(41)23(30(2,3)44)35-26(39)21(32)15-19-11-13-20(37)14-12-19)25(38)34-22(16-18-9-7-6-8-10-18)27(40)36-24(29(42)43)31(4,5)45/h6-14,17,21-24,37,44-45H,15-16,32H2,1-5H3,(H,33,41)(H,34,38)(H,35,39)(H,36,40)(H,42,43)/t17-,21-,22-,23-,24-/m0/s1. The molecule has 4 amide bonds. The molecule has 12 nitrogen and oxygen atoms in total. The Morgan fingerprint density at radius 3 is 1.73 bits per heavy atom. The number of amides is 4. The van der Waals surface area contributed by atoms with Gasteiger partial charge in [0.15, 0.2) is 0 Å². The van der Waals surface area contributed by atoms with Crippen LogP contribution in [0.4, 0.5) is 0 Å². The predicted molar refractivity (Wildman–Crippen MR) is 177 cm³/mol. The largest absolute Gasteiger partial charge is 0.508 e. The molecule has 0 aliphatic rings. The van der Waals surface area contributed by atoms with E-state index in [2.05, 4.69) is 46.5 Å². The maximum absolute atomic E-state index is 13.3. The van der Waals surface area contributed by atoms with Gasteiger partial charge in [0, 0.05) is 15.9 Å². The molecule has 5 atom stereocenters. The van der Waals surface area contributed by atoms with E-state index in [9.17, 15) is 34.2 Å². The number of rotatable bonds is 15. The second-order valence-electron chi connectivity index (χ2n) is 12.0. The first-order chi connectivity index (χ1) is 20.8. The summed E-state index contributed by atoms with van der Waals surface area (Å²) >= 11 is 8.77. The van der Waals surface area contributed by atoms with Crippen LogP contribution in [-0.4, -0.2) is 79.5 Å². The van der Waals surface area contributed by atoms with Gasteiger partial charge in [-0.05, 0) is 64.3 Å². The summed E-state index contributed by atoms with van der Waals surface area (Å²) in [6.07, 6.45) is 0.184. The molecule has 14 heteroatoms. The van der Waals surface area contributed by atoms with Crippen LogP contribution in [0.3, 0.4) is 0 Å². The minimum Gasteiger partial charge on any atom is -0.508 e. The number of nitrogens with one attached hydrogen (secondary N) is 4. The number of phenolic OH excluding ortho intramolecular Hbond substituents is 1. The number of carbonyl (C=O) groups excluding carboxylic acids is 4. The molecule has 2 rings (SSSR count). The van der Waals surface area contributed by atoms with Gasteiger partial charge in [-0.2, -0.15) is 25.3 Å². The lowest BCUT2D eigenvalue weighted by Crippen LogP contribution is -2.62. The maximum atomic E-state index is 13.3. The third-order valence-corrected chi connectivity index (χ3v) is 7.41. The van der Waals surface area contributed by atoms with Crippen LogP contribution in [0, 0.1) is 0 Å². The van der Waals surface area contributed by atoms with Crippen molar-refractivity contribution < 1.29 is 34.2 Å². The molecule has 0 aliphatic heterocycles. The molecule has 0 aliphatic carbocycles. The summed E-state index contributed by atoms with van der Waals surface area (Å²) in [5.41, 5.74) is 7.49. The topological polar surface area (TPSA) is 200 Å². The van der Waals surface area contributed by atoms with Crippen molar-refractivity contribution in [2.75, 3.05) is 0 Å². The fourth-order valence-electron chi connectivity index (χ4n) is 4.29. The molecule has 0 spiro atoms. The number of hydrogen-bond donors (Lipinski definition) is 9. The Labute approximate surface area is 274 Å². The SMILES string of the molecule is C[C@H](NC(=O)[C@H](NC(=O)[C@@H](N)Cc1ccc(O)cc1)C(C)(C)S)C(=O)N[C@@H](Cc1ccccc1)C(=O)N[C@@H](C(=O)O)C(C)(C)S. The van der Waals surface area contributed by atoms with Gasteiger partial charge in [0.2, 0.25) is 23.6 Å². The van der Waals surface area contributed by atoms with E-state index in [0.29, 0.717) is 11.1 Å². The van der Waals surface area contributed by atoms with E-state index < -0.39 is 69.3 Å². The Bertz CT molecular complexity index is 1340. The summed E-state index contributed by atoms with van der Waals surface area (Å²) in [5.74, 6) is -4.02. The Morgan fingerprint density at radius 2 is 1.22 bits per heavy atom. The first kappa shape index (κ1) is 37.4. The second-order valence-corrected chi connectivity index (χ2v) is 14.3. The van der Waals surface area contributed by atoms with Gasteiger partial charge in [0.05, 0.1) is 6.04 Å². The van der Waals surface area contributed by atoms with E-state index in [1.807, 2.05) is 0 Å². The number of benzene rings is 2. The summed E-state index contributed by atoms with van der Waals surface area (Å²) < 4.78 is -2.19. The van der Waals surface area contributed by atoms with E-state index in [0.717, 1.165) is 0 Å². The van der Waals surface area contributed by atoms with Crippen molar-refractivity contribution in [3.8, 4) is 5.75 Å². The van der Waals surface area contributed by atoms with Gasteiger partial charge in [-0.25, -0.2) is 4.79 Å². The van der Waals surface area contributed by atoms with Gasteiger partial charge in [-0.1, -0.05) is 42.5 Å². The van der Waals surface area contributed by atoms with Crippen LogP contribution in [0.2, 0.25) is 0 Å². The van der Waals surface area contributed by atoms with E-state index in [1.165, 1.54) is 32.9 Å². The number of carboxylic acid groups (broad SMARTS) is 1. The van der Waals surface area contributed by atoms with Gasteiger partial charge in [0.25, 0.3) is 0 Å². The number of carboxylic acids is 1. The number of phenols is 1. The van der Waals surface area contributed by atoms with Crippen molar-refractivity contribution in [3.05, 3.63) is 65.7 Å². The third-order valence-electron chi connectivity index (χ3n) is 6.89. The minimum absolute atomic E-state index is 0.0414. The number of nitrogens with two attached hydrogens (primary N) is 1. The Morgan fingerprint density at radius 1 is 0.711 bits per heavy atom. The zero-order chi connectivity index (χ0) is 34.1. The molecular weight excluding hydrogens is 619 g/mol. The van der Waals surface area contributed by atoms with Gasteiger partial charge in [-0.3, -0.25) is 19.2 Å². The predicted octanol–water partition coefficient (Wildman–Crippen LogP) is 0.965. The van der Waals surface area contributed by atoms with Crippen molar-refractivity contribution in [2.45, 2.75) is 87.2 Å².